The monoisotopic (exact) mass is 239 g/mol. The van der Waals surface area contributed by atoms with Crippen LogP contribution in [-0.4, -0.2) is 35.6 Å². The Morgan fingerprint density at radius 2 is 1.47 bits per heavy atom. The fourth-order valence-electron chi connectivity index (χ4n) is 3.39. The molecule has 1 saturated carbocycles. The van der Waals surface area contributed by atoms with E-state index in [4.69, 9.17) is 0 Å². The quantitative estimate of drug-likeness (QED) is 0.770. The molecule has 0 unspecified atom stereocenters. The first-order chi connectivity index (χ1) is 8.23. The molecule has 17 heavy (non-hydrogen) atoms. The molecule has 0 aromatic carbocycles. The van der Waals surface area contributed by atoms with Crippen molar-refractivity contribution in [1.29, 1.82) is 0 Å². The molecule has 0 amide bonds. The molecular weight excluding hydrogens is 214 g/mol. The number of nitrogens with zero attached hydrogens (tertiary/aromatic N) is 1. The van der Waals surface area contributed by atoms with Gasteiger partial charge in [-0.2, -0.15) is 0 Å². The van der Waals surface area contributed by atoms with Gasteiger partial charge in [-0.1, -0.05) is 32.1 Å². The van der Waals surface area contributed by atoms with Crippen molar-refractivity contribution in [2.75, 3.05) is 19.6 Å². The second-order valence-corrected chi connectivity index (χ2v) is 5.84. The first kappa shape index (κ1) is 12.9. The van der Waals surface area contributed by atoms with Crippen LogP contribution in [0.4, 0.5) is 0 Å². The van der Waals surface area contributed by atoms with Gasteiger partial charge in [0.25, 0.3) is 0 Å². The topological polar surface area (TPSA) is 40.5 Å². The molecule has 98 valence electrons. The van der Waals surface area contributed by atoms with Crippen molar-refractivity contribution >= 4 is 5.97 Å². The summed E-state index contributed by atoms with van der Waals surface area (Å²) in [4.78, 5) is 14.1. The van der Waals surface area contributed by atoms with Crippen LogP contribution in [-0.2, 0) is 4.79 Å². The predicted molar refractivity (Wildman–Crippen MR) is 68.1 cm³/mol. The lowest BCUT2D eigenvalue weighted by Gasteiger charge is -2.36. The molecule has 0 radical (unpaired) electrons. The molecule has 0 atom stereocenters. The third-order valence-electron chi connectivity index (χ3n) is 4.49. The van der Waals surface area contributed by atoms with Crippen LogP contribution in [0.1, 0.15) is 57.8 Å². The summed E-state index contributed by atoms with van der Waals surface area (Å²) in [5.74, 6) is -0.551. The standard InChI is InChI=1S/C14H25NO2/c16-13(17)14(8-4-1-2-5-9-14)12-15-10-6-3-7-11-15/h1-12H2,(H,16,17). The van der Waals surface area contributed by atoms with Crippen LogP contribution in [0.3, 0.4) is 0 Å². The van der Waals surface area contributed by atoms with Crippen molar-refractivity contribution in [1.82, 2.24) is 4.90 Å². The van der Waals surface area contributed by atoms with Crippen LogP contribution in [0, 0.1) is 5.41 Å². The average molecular weight is 239 g/mol. The summed E-state index contributed by atoms with van der Waals surface area (Å²) >= 11 is 0. The van der Waals surface area contributed by atoms with Gasteiger partial charge in [0.2, 0.25) is 0 Å². The predicted octanol–water partition coefficient (Wildman–Crippen LogP) is 2.90. The van der Waals surface area contributed by atoms with Crippen molar-refractivity contribution in [3.05, 3.63) is 0 Å². The Balaban J connectivity index is 2.01. The van der Waals surface area contributed by atoms with E-state index in [1.165, 1.54) is 32.1 Å². The van der Waals surface area contributed by atoms with Crippen molar-refractivity contribution in [3.63, 3.8) is 0 Å². The van der Waals surface area contributed by atoms with Crippen LogP contribution < -0.4 is 0 Å². The highest BCUT2D eigenvalue weighted by molar-refractivity contribution is 5.75. The molecule has 1 aliphatic heterocycles. The van der Waals surface area contributed by atoms with Gasteiger partial charge < -0.3 is 10.0 Å². The minimum Gasteiger partial charge on any atom is -0.481 e. The lowest BCUT2D eigenvalue weighted by atomic mass is 9.79. The van der Waals surface area contributed by atoms with E-state index in [9.17, 15) is 9.90 Å². The molecule has 0 aromatic heterocycles. The Bertz CT molecular complexity index is 251. The third-order valence-corrected chi connectivity index (χ3v) is 4.49. The molecule has 2 fully saturated rings. The van der Waals surface area contributed by atoms with Crippen molar-refractivity contribution in [2.45, 2.75) is 57.8 Å². The zero-order valence-electron chi connectivity index (χ0n) is 10.8. The SMILES string of the molecule is O=C(O)C1(CN2CCCCC2)CCCCCC1. The van der Waals surface area contributed by atoms with E-state index in [1.54, 1.807) is 0 Å². The van der Waals surface area contributed by atoms with Gasteiger partial charge in [0.1, 0.15) is 0 Å². The second-order valence-electron chi connectivity index (χ2n) is 5.84. The van der Waals surface area contributed by atoms with Crippen LogP contribution in [0.2, 0.25) is 0 Å². The number of hydrogen-bond donors (Lipinski definition) is 1. The van der Waals surface area contributed by atoms with E-state index < -0.39 is 11.4 Å². The number of carbonyl (C=O) groups is 1. The van der Waals surface area contributed by atoms with Crippen molar-refractivity contribution in [2.24, 2.45) is 5.41 Å². The molecule has 1 saturated heterocycles. The molecule has 1 N–H and O–H groups in total. The molecule has 1 heterocycles. The first-order valence-electron chi connectivity index (χ1n) is 7.19. The minimum atomic E-state index is -0.551. The van der Waals surface area contributed by atoms with E-state index in [0.717, 1.165) is 45.3 Å². The molecule has 0 spiro atoms. The van der Waals surface area contributed by atoms with Gasteiger partial charge in [-0.05, 0) is 38.8 Å². The summed E-state index contributed by atoms with van der Waals surface area (Å²) in [5.41, 5.74) is -0.437. The Hall–Kier alpha value is -0.570. The zero-order chi connectivity index (χ0) is 12.1. The van der Waals surface area contributed by atoms with E-state index in [0.29, 0.717) is 0 Å². The van der Waals surface area contributed by atoms with Crippen LogP contribution in [0.15, 0.2) is 0 Å². The van der Waals surface area contributed by atoms with Crippen molar-refractivity contribution < 1.29 is 9.90 Å². The lowest BCUT2D eigenvalue weighted by molar-refractivity contribution is -0.151. The maximum atomic E-state index is 11.7. The van der Waals surface area contributed by atoms with Crippen LogP contribution in [0.25, 0.3) is 0 Å². The number of hydrogen-bond acceptors (Lipinski definition) is 2. The number of likely N-dealkylation sites (tertiary alicyclic amines) is 1. The maximum Gasteiger partial charge on any atom is 0.310 e. The van der Waals surface area contributed by atoms with E-state index in [2.05, 4.69) is 4.90 Å². The van der Waals surface area contributed by atoms with Gasteiger partial charge in [0.05, 0.1) is 5.41 Å². The highest BCUT2D eigenvalue weighted by Gasteiger charge is 2.40. The van der Waals surface area contributed by atoms with Gasteiger partial charge in [-0.3, -0.25) is 4.79 Å². The molecule has 3 nitrogen and oxygen atoms in total. The summed E-state index contributed by atoms with van der Waals surface area (Å²) in [5, 5.41) is 9.62. The number of rotatable bonds is 3. The van der Waals surface area contributed by atoms with Crippen LogP contribution in [0.5, 0.6) is 0 Å². The zero-order valence-corrected chi connectivity index (χ0v) is 10.8. The Labute approximate surface area is 104 Å². The van der Waals surface area contributed by atoms with E-state index in [1.807, 2.05) is 0 Å². The third kappa shape index (κ3) is 3.21. The molecule has 2 aliphatic rings. The number of carboxylic acids is 1. The molecular formula is C14H25NO2. The molecule has 2 rings (SSSR count). The molecule has 0 aromatic rings. The Morgan fingerprint density at radius 1 is 0.941 bits per heavy atom. The second kappa shape index (κ2) is 5.85. The van der Waals surface area contributed by atoms with Gasteiger partial charge in [0.15, 0.2) is 0 Å². The smallest absolute Gasteiger partial charge is 0.310 e. The minimum absolute atomic E-state index is 0.437. The van der Waals surface area contributed by atoms with Gasteiger partial charge in [-0.25, -0.2) is 0 Å². The van der Waals surface area contributed by atoms with Crippen LogP contribution >= 0.6 is 0 Å². The molecule has 0 bridgehead atoms. The highest BCUT2D eigenvalue weighted by atomic mass is 16.4. The van der Waals surface area contributed by atoms with Crippen molar-refractivity contribution in [3.8, 4) is 0 Å². The molecule has 1 aliphatic carbocycles. The van der Waals surface area contributed by atoms with Gasteiger partial charge >= 0.3 is 5.97 Å². The molecule has 3 heteroatoms. The average Bonchev–Trinajstić information content (AvgIpc) is 2.57. The first-order valence-corrected chi connectivity index (χ1v) is 7.19. The lowest BCUT2D eigenvalue weighted by Crippen LogP contribution is -2.44. The highest BCUT2D eigenvalue weighted by Crippen LogP contribution is 2.36. The fourth-order valence-corrected chi connectivity index (χ4v) is 3.39. The summed E-state index contributed by atoms with van der Waals surface area (Å²) in [6.45, 7) is 3.01. The number of aliphatic carboxylic acids is 1. The summed E-state index contributed by atoms with van der Waals surface area (Å²) in [6, 6.07) is 0. The summed E-state index contributed by atoms with van der Waals surface area (Å²) in [7, 11) is 0. The fraction of sp³-hybridized carbons (Fsp3) is 0.929. The number of piperidine rings is 1. The van der Waals surface area contributed by atoms with E-state index >= 15 is 0 Å². The Morgan fingerprint density at radius 3 is 2.00 bits per heavy atom. The summed E-state index contributed by atoms with van der Waals surface area (Å²) in [6.07, 6.45) is 10.2. The number of carboxylic acid groups (broad SMARTS) is 1. The normalized spacial score (nSPS) is 26.4. The maximum absolute atomic E-state index is 11.7. The van der Waals surface area contributed by atoms with Gasteiger partial charge in [0, 0.05) is 6.54 Å². The largest absolute Gasteiger partial charge is 0.481 e. The van der Waals surface area contributed by atoms with E-state index in [-0.39, 0.29) is 0 Å². The van der Waals surface area contributed by atoms with Gasteiger partial charge in [-0.15, -0.1) is 0 Å². The summed E-state index contributed by atoms with van der Waals surface area (Å²) < 4.78 is 0. The Kier molecular flexibility index (Phi) is 4.43.